The highest BCUT2D eigenvalue weighted by Crippen LogP contribution is 2.48. The molecule has 0 radical (unpaired) electrons. The van der Waals surface area contributed by atoms with Crippen molar-refractivity contribution in [2.24, 2.45) is 5.11 Å². The minimum atomic E-state index is -4.51. The number of ether oxygens (including phenoxy) is 2. The van der Waals surface area contributed by atoms with E-state index in [4.69, 9.17) is 18.5 Å². The molecule has 17 heteroatoms. The largest absolute Gasteiger partial charge is 0.459 e. The average molecular weight is 568 g/mol. The van der Waals surface area contributed by atoms with Crippen LogP contribution in [0.1, 0.15) is 33.9 Å². The Bertz CT molecular complexity index is 1390. The number of benzene rings is 1. The summed E-state index contributed by atoms with van der Waals surface area (Å²) < 4.78 is 36.4. The van der Waals surface area contributed by atoms with E-state index in [0.29, 0.717) is 0 Å². The summed E-state index contributed by atoms with van der Waals surface area (Å²) in [6.45, 7) is 5.32. The summed E-state index contributed by atoms with van der Waals surface area (Å²) in [6.07, 6.45) is -4.49. The smallest absolute Gasteiger partial charge is 0.459 e. The number of carbonyl (C=O) groups is 1. The Morgan fingerprint density at radius 2 is 1.97 bits per heavy atom. The molecule has 1 fully saturated rings. The van der Waals surface area contributed by atoms with Crippen molar-refractivity contribution in [1.29, 1.82) is 0 Å². The van der Waals surface area contributed by atoms with Gasteiger partial charge in [0, 0.05) is 17.2 Å². The zero-order valence-corrected chi connectivity index (χ0v) is 22.3. The number of aromatic amines is 1. The summed E-state index contributed by atoms with van der Waals surface area (Å²) in [7, 11) is -4.51. The van der Waals surface area contributed by atoms with Crippen LogP contribution in [0.25, 0.3) is 10.4 Å². The number of carbonyl (C=O) groups excluding carboxylic acids is 1. The van der Waals surface area contributed by atoms with E-state index < -0.39 is 67.4 Å². The van der Waals surface area contributed by atoms with Crippen LogP contribution in [0.15, 0.2) is 57.3 Å². The van der Waals surface area contributed by atoms with Gasteiger partial charge in [-0.05, 0) is 45.4 Å². The molecular weight excluding hydrogens is 539 g/mol. The monoisotopic (exact) mass is 568 g/mol. The van der Waals surface area contributed by atoms with E-state index >= 15 is 0 Å². The van der Waals surface area contributed by atoms with E-state index in [2.05, 4.69) is 15.1 Å². The number of H-pyrrole nitrogens is 1. The van der Waals surface area contributed by atoms with Gasteiger partial charge in [0.05, 0.1) is 6.61 Å². The number of nitrogens with zero attached hydrogens (tertiary/aromatic N) is 4. The van der Waals surface area contributed by atoms with E-state index in [1.165, 1.54) is 19.1 Å². The van der Waals surface area contributed by atoms with Crippen LogP contribution in [0, 0.1) is 0 Å². The zero-order valence-electron chi connectivity index (χ0n) is 21.5. The second kappa shape index (κ2) is 11.7. The lowest BCUT2D eigenvalue weighted by atomic mass is 10.1. The van der Waals surface area contributed by atoms with Crippen molar-refractivity contribution in [3.63, 3.8) is 0 Å². The van der Waals surface area contributed by atoms with Crippen LogP contribution in [0.5, 0.6) is 5.75 Å². The summed E-state index contributed by atoms with van der Waals surface area (Å²) in [4.78, 5) is 40.8. The number of aliphatic hydroxyl groups excluding tert-OH is 2. The van der Waals surface area contributed by atoms with E-state index in [-0.39, 0.29) is 5.75 Å². The summed E-state index contributed by atoms with van der Waals surface area (Å²) in [5, 5.41) is 27.2. The Labute approximate surface area is 221 Å². The van der Waals surface area contributed by atoms with Gasteiger partial charge in [-0.15, -0.1) is 0 Å². The third-order valence-corrected chi connectivity index (χ3v) is 6.89. The molecule has 0 amide bonds. The van der Waals surface area contributed by atoms with Gasteiger partial charge < -0.3 is 24.2 Å². The van der Waals surface area contributed by atoms with Crippen LogP contribution in [0.4, 0.5) is 0 Å². The lowest BCUT2D eigenvalue weighted by Crippen LogP contribution is -2.46. The van der Waals surface area contributed by atoms with Gasteiger partial charge in [-0.1, -0.05) is 23.3 Å². The fourth-order valence-electron chi connectivity index (χ4n) is 3.49. The highest BCUT2D eigenvalue weighted by molar-refractivity contribution is 7.52. The Kier molecular flexibility index (Phi) is 9.03. The van der Waals surface area contributed by atoms with E-state index in [0.717, 1.165) is 16.8 Å². The highest BCUT2D eigenvalue weighted by atomic mass is 31.2. The molecule has 1 aromatic carbocycles. The molecule has 0 bridgehead atoms. The van der Waals surface area contributed by atoms with Crippen LogP contribution in [-0.2, 0) is 23.4 Å². The molecular formula is C22H29N6O10P. The third-order valence-electron chi connectivity index (χ3n) is 5.26. The predicted octanol–water partition coefficient (Wildman–Crippen LogP) is 1.32. The molecule has 3 rings (SSSR count). The second-order valence-corrected chi connectivity index (χ2v) is 11.2. The molecule has 0 aliphatic carbocycles. The van der Waals surface area contributed by atoms with Crippen LogP contribution < -0.4 is 20.9 Å². The van der Waals surface area contributed by atoms with Gasteiger partial charge in [0.15, 0.2) is 6.23 Å². The Morgan fingerprint density at radius 1 is 1.31 bits per heavy atom. The number of azide groups is 1. The Morgan fingerprint density at radius 3 is 2.56 bits per heavy atom. The number of rotatable bonds is 10. The normalized spacial score (nSPS) is 25.2. The van der Waals surface area contributed by atoms with E-state index in [1.54, 1.807) is 39.0 Å². The lowest BCUT2D eigenvalue weighted by Gasteiger charge is -2.30. The van der Waals surface area contributed by atoms with Crippen LogP contribution in [-0.4, -0.2) is 61.9 Å². The maximum atomic E-state index is 13.8. The van der Waals surface area contributed by atoms with E-state index in [9.17, 15) is 34.7 Å². The first-order valence-corrected chi connectivity index (χ1v) is 13.1. The summed E-state index contributed by atoms with van der Waals surface area (Å²) >= 11 is 0. The lowest BCUT2D eigenvalue weighted by molar-refractivity contribution is -0.156. The van der Waals surface area contributed by atoms with E-state index in [1.807, 2.05) is 4.98 Å². The van der Waals surface area contributed by atoms with Crippen LogP contribution in [0.3, 0.4) is 0 Å². The molecule has 1 saturated heterocycles. The third kappa shape index (κ3) is 7.34. The van der Waals surface area contributed by atoms with Crippen molar-refractivity contribution in [1.82, 2.24) is 14.6 Å². The van der Waals surface area contributed by atoms with Gasteiger partial charge in [0.1, 0.15) is 29.6 Å². The van der Waals surface area contributed by atoms with Gasteiger partial charge in [-0.3, -0.25) is 23.7 Å². The molecule has 16 nitrogen and oxygen atoms in total. The van der Waals surface area contributed by atoms with Crippen molar-refractivity contribution < 1.29 is 38.1 Å². The first-order chi connectivity index (χ1) is 18.2. The summed E-state index contributed by atoms with van der Waals surface area (Å²) in [5.41, 5.74) is 4.20. The Hall–Kier alpha value is -3.49. The van der Waals surface area contributed by atoms with Gasteiger partial charge in [-0.2, -0.15) is 5.09 Å². The number of aliphatic hydroxyl groups is 2. The molecule has 39 heavy (non-hydrogen) atoms. The molecule has 2 aromatic rings. The maximum Gasteiger partial charge on any atom is 0.459 e. The Balaban J connectivity index is 1.91. The average Bonchev–Trinajstić information content (AvgIpc) is 3.08. The molecule has 212 valence electrons. The molecule has 2 heterocycles. The van der Waals surface area contributed by atoms with Crippen molar-refractivity contribution in [2.75, 3.05) is 6.61 Å². The van der Waals surface area contributed by atoms with Crippen LogP contribution in [0.2, 0.25) is 0 Å². The van der Waals surface area contributed by atoms with Crippen LogP contribution >= 0.6 is 7.75 Å². The molecule has 0 spiro atoms. The number of aromatic nitrogens is 2. The number of nitrogens with one attached hydrogen (secondary N) is 2. The van der Waals surface area contributed by atoms with Gasteiger partial charge in [-0.25, -0.2) is 9.36 Å². The topological polar surface area (TPSA) is 227 Å². The van der Waals surface area contributed by atoms with Gasteiger partial charge in [0.25, 0.3) is 5.56 Å². The second-order valence-electron chi connectivity index (χ2n) is 9.56. The molecule has 0 saturated carbocycles. The molecule has 4 N–H and O–H groups in total. The van der Waals surface area contributed by atoms with Crippen molar-refractivity contribution >= 4 is 13.7 Å². The summed E-state index contributed by atoms with van der Waals surface area (Å²) in [6, 6.07) is 7.52. The molecule has 1 aliphatic heterocycles. The van der Waals surface area contributed by atoms with Crippen molar-refractivity contribution in [3.05, 3.63) is 73.9 Å². The number of para-hydroxylation sites is 1. The number of hydrogen-bond donors (Lipinski definition) is 4. The highest BCUT2D eigenvalue weighted by Gasteiger charge is 2.56. The maximum absolute atomic E-state index is 13.8. The first kappa shape index (κ1) is 30.1. The first-order valence-electron chi connectivity index (χ1n) is 11.6. The molecule has 1 aliphatic rings. The molecule has 6 atom stereocenters. The van der Waals surface area contributed by atoms with Gasteiger partial charge >= 0.3 is 19.4 Å². The fraction of sp³-hybridized carbons (Fsp3) is 0.500. The number of esters is 1. The minimum absolute atomic E-state index is 0.0770. The fourth-order valence-corrected chi connectivity index (χ4v) is 5.01. The number of hydrogen-bond acceptors (Lipinski definition) is 11. The summed E-state index contributed by atoms with van der Waals surface area (Å²) in [5.74, 6) is -0.703. The predicted molar refractivity (Wildman–Crippen MR) is 134 cm³/mol. The molecule has 1 aromatic heterocycles. The zero-order chi connectivity index (χ0) is 29.0. The van der Waals surface area contributed by atoms with Crippen molar-refractivity contribution in [3.8, 4) is 5.75 Å². The standard InChI is InChI=1S/C22H29N6O10P/c1-13(19(32)37-21(2,3)4)25-39(34,38-14-8-6-5-7-9-14)35-12-22(26-27-23)17(31)16(30)18(36-22)28-11-10-15(29)24-20(28)33/h5-11,13,16-18,30-31H,12H2,1-4H3,(H,25,34)(H,24,29,33)/t13-,16-,17+,18+,22+,39?/m0/s1. The van der Waals surface area contributed by atoms with Gasteiger partial charge in [0.2, 0.25) is 5.72 Å². The minimum Gasteiger partial charge on any atom is -0.459 e. The van der Waals surface area contributed by atoms with Crippen molar-refractivity contribution in [2.45, 2.75) is 63.5 Å². The molecule has 1 unspecified atom stereocenters. The SMILES string of the molecule is C[C@H](NP(=O)(OC[C@@]1(N=[N+]=[N-])O[C@@H](n2ccc(=O)[nH]c2=O)[C@@H](O)[C@H]1O)Oc1ccccc1)C(=O)OC(C)(C)C. The quantitative estimate of drug-likeness (QED) is 0.105.